The minimum absolute atomic E-state index is 0.0372. The lowest BCUT2D eigenvalue weighted by atomic mass is 10.1. The van der Waals surface area contributed by atoms with Crippen molar-refractivity contribution in [2.75, 3.05) is 38.6 Å². The molecule has 0 radical (unpaired) electrons. The summed E-state index contributed by atoms with van der Waals surface area (Å²) >= 11 is 0. The summed E-state index contributed by atoms with van der Waals surface area (Å²) in [5, 5.41) is 5.18. The molecule has 2 amide bonds. The predicted octanol–water partition coefficient (Wildman–Crippen LogP) is 3.35. The lowest BCUT2D eigenvalue weighted by molar-refractivity contribution is -0.119. The second-order valence-electron chi connectivity index (χ2n) is 6.54. The molecule has 3 aromatic rings. The third kappa shape index (κ3) is 5.82. The third-order valence-electron chi connectivity index (χ3n) is 4.44. The van der Waals surface area contributed by atoms with Crippen LogP contribution in [0.25, 0.3) is 0 Å². The molecule has 172 valence electrons. The average molecular weight is 454 g/mol. The molecule has 0 saturated carbocycles. The quantitative estimate of drug-likeness (QED) is 0.472. The molecule has 10 nitrogen and oxygen atoms in total. The van der Waals surface area contributed by atoms with Crippen LogP contribution < -0.4 is 24.8 Å². The first kappa shape index (κ1) is 23.2. The standard InChI is InChI=1S/C23H22N2O8/c1-29-15-8-6-14(7-9-15)24-21(26)13-33-23(28)16-11-19(30-2)20(31-3)12-17(16)25-22(27)18-5-4-10-32-18/h4-12H,13H2,1-3H3,(H,24,26)(H,25,27). The van der Waals surface area contributed by atoms with Gasteiger partial charge in [0.2, 0.25) is 0 Å². The molecule has 0 aliphatic rings. The highest BCUT2D eigenvalue weighted by molar-refractivity contribution is 6.07. The van der Waals surface area contributed by atoms with Gasteiger partial charge >= 0.3 is 5.97 Å². The van der Waals surface area contributed by atoms with E-state index in [-0.39, 0.29) is 28.5 Å². The zero-order valence-electron chi connectivity index (χ0n) is 18.2. The lowest BCUT2D eigenvalue weighted by Gasteiger charge is -2.15. The van der Waals surface area contributed by atoms with Gasteiger partial charge in [-0.3, -0.25) is 9.59 Å². The predicted molar refractivity (Wildman–Crippen MR) is 118 cm³/mol. The second-order valence-corrected chi connectivity index (χ2v) is 6.54. The summed E-state index contributed by atoms with van der Waals surface area (Å²) in [6.07, 6.45) is 1.35. The number of rotatable bonds is 9. The van der Waals surface area contributed by atoms with Crippen LogP contribution in [0.5, 0.6) is 17.2 Å². The molecular formula is C23H22N2O8. The van der Waals surface area contributed by atoms with Gasteiger partial charge in [-0.15, -0.1) is 0 Å². The van der Waals surface area contributed by atoms with Crippen LogP contribution in [-0.2, 0) is 9.53 Å². The molecule has 0 saturated heterocycles. The summed E-state index contributed by atoms with van der Waals surface area (Å²) in [4.78, 5) is 37.4. The molecule has 0 atom stereocenters. The Morgan fingerprint density at radius 2 is 1.58 bits per heavy atom. The molecule has 0 spiro atoms. The van der Waals surface area contributed by atoms with Gasteiger partial charge in [-0.05, 0) is 36.4 Å². The Balaban J connectivity index is 1.74. The Morgan fingerprint density at radius 3 is 2.18 bits per heavy atom. The van der Waals surface area contributed by atoms with Crippen molar-refractivity contribution in [1.29, 1.82) is 0 Å². The highest BCUT2D eigenvalue weighted by atomic mass is 16.5. The Labute approximate surface area is 189 Å². The number of furan rings is 1. The number of nitrogens with one attached hydrogen (secondary N) is 2. The third-order valence-corrected chi connectivity index (χ3v) is 4.44. The van der Waals surface area contributed by atoms with Crippen molar-refractivity contribution in [3.05, 3.63) is 66.1 Å². The topological polar surface area (TPSA) is 125 Å². The van der Waals surface area contributed by atoms with Crippen molar-refractivity contribution in [2.24, 2.45) is 0 Å². The number of amides is 2. The minimum atomic E-state index is -0.851. The van der Waals surface area contributed by atoms with E-state index in [1.807, 2.05) is 0 Å². The van der Waals surface area contributed by atoms with Gasteiger partial charge in [0.25, 0.3) is 11.8 Å². The number of anilines is 2. The Morgan fingerprint density at radius 1 is 0.879 bits per heavy atom. The smallest absolute Gasteiger partial charge is 0.340 e. The van der Waals surface area contributed by atoms with Crippen LogP contribution in [0, 0.1) is 0 Å². The number of benzene rings is 2. The molecule has 2 aromatic carbocycles. The van der Waals surface area contributed by atoms with Crippen molar-refractivity contribution >= 4 is 29.2 Å². The number of methoxy groups -OCH3 is 3. The van der Waals surface area contributed by atoms with E-state index in [0.717, 1.165) is 0 Å². The molecule has 0 aliphatic heterocycles. The van der Waals surface area contributed by atoms with Crippen LogP contribution in [0.15, 0.2) is 59.2 Å². The molecule has 0 unspecified atom stereocenters. The summed E-state index contributed by atoms with van der Waals surface area (Å²) < 4.78 is 25.8. The maximum absolute atomic E-state index is 12.8. The van der Waals surface area contributed by atoms with Crippen LogP contribution in [0.1, 0.15) is 20.9 Å². The average Bonchev–Trinajstić information content (AvgIpc) is 3.38. The Hall–Kier alpha value is -4.47. The van der Waals surface area contributed by atoms with E-state index in [0.29, 0.717) is 11.4 Å². The van der Waals surface area contributed by atoms with E-state index in [1.54, 1.807) is 30.3 Å². The highest BCUT2D eigenvalue weighted by Crippen LogP contribution is 2.34. The molecule has 0 bridgehead atoms. The molecule has 10 heteroatoms. The second kappa shape index (κ2) is 10.7. The normalized spacial score (nSPS) is 10.2. The number of hydrogen-bond donors (Lipinski definition) is 2. The SMILES string of the molecule is COc1ccc(NC(=O)COC(=O)c2cc(OC)c(OC)cc2NC(=O)c2ccco2)cc1. The van der Waals surface area contributed by atoms with Crippen LogP contribution >= 0.6 is 0 Å². The Kier molecular flexibility index (Phi) is 7.53. The van der Waals surface area contributed by atoms with Crippen LogP contribution in [0.4, 0.5) is 11.4 Å². The molecular weight excluding hydrogens is 432 g/mol. The first-order chi connectivity index (χ1) is 15.9. The van der Waals surface area contributed by atoms with Gasteiger partial charge in [0.1, 0.15) is 5.75 Å². The minimum Gasteiger partial charge on any atom is -0.497 e. The zero-order valence-corrected chi connectivity index (χ0v) is 18.2. The molecule has 33 heavy (non-hydrogen) atoms. The van der Waals surface area contributed by atoms with E-state index >= 15 is 0 Å². The van der Waals surface area contributed by atoms with Gasteiger partial charge in [0.05, 0.1) is 38.8 Å². The number of carbonyl (C=O) groups excluding carboxylic acids is 3. The number of hydrogen-bond acceptors (Lipinski definition) is 8. The fourth-order valence-corrected chi connectivity index (χ4v) is 2.82. The molecule has 0 aliphatic carbocycles. The monoisotopic (exact) mass is 454 g/mol. The summed E-state index contributed by atoms with van der Waals surface area (Å²) in [6.45, 7) is -0.551. The maximum atomic E-state index is 12.8. The summed E-state index contributed by atoms with van der Waals surface area (Å²) in [5.74, 6) is -0.784. The summed E-state index contributed by atoms with van der Waals surface area (Å²) in [5.41, 5.74) is 0.564. The van der Waals surface area contributed by atoms with Gasteiger partial charge in [-0.2, -0.15) is 0 Å². The highest BCUT2D eigenvalue weighted by Gasteiger charge is 2.22. The number of esters is 1. The fourth-order valence-electron chi connectivity index (χ4n) is 2.82. The lowest BCUT2D eigenvalue weighted by Crippen LogP contribution is -2.22. The van der Waals surface area contributed by atoms with Crippen molar-refractivity contribution in [2.45, 2.75) is 0 Å². The molecule has 2 N–H and O–H groups in total. The zero-order chi connectivity index (χ0) is 23.8. The molecule has 0 fully saturated rings. The first-order valence-electron chi connectivity index (χ1n) is 9.67. The van der Waals surface area contributed by atoms with Gasteiger partial charge in [0.15, 0.2) is 23.9 Å². The van der Waals surface area contributed by atoms with Crippen LogP contribution in [0.2, 0.25) is 0 Å². The van der Waals surface area contributed by atoms with Gasteiger partial charge < -0.3 is 34.0 Å². The van der Waals surface area contributed by atoms with Crippen molar-refractivity contribution in [3.8, 4) is 17.2 Å². The van der Waals surface area contributed by atoms with Gasteiger partial charge in [-0.25, -0.2) is 4.79 Å². The van der Waals surface area contributed by atoms with E-state index in [1.165, 1.54) is 45.8 Å². The van der Waals surface area contributed by atoms with Gasteiger partial charge in [-0.1, -0.05) is 0 Å². The van der Waals surface area contributed by atoms with E-state index in [2.05, 4.69) is 10.6 Å². The van der Waals surface area contributed by atoms with Gasteiger partial charge in [0, 0.05) is 17.8 Å². The molecule has 3 rings (SSSR count). The molecule has 1 aromatic heterocycles. The van der Waals surface area contributed by atoms with Crippen LogP contribution in [0.3, 0.4) is 0 Å². The number of ether oxygens (including phenoxy) is 4. The first-order valence-corrected chi connectivity index (χ1v) is 9.67. The van der Waals surface area contributed by atoms with E-state index in [4.69, 9.17) is 23.4 Å². The summed E-state index contributed by atoms with van der Waals surface area (Å²) in [7, 11) is 4.35. The number of carbonyl (C=O) groups is 3. The van der Waals surface area contributed by atoms with Crippen molar-refractivity contribution in [1.82, 2.24) is 0 Å². The van der Waals surface area contributed by atoms with E-state index < -0.39 is 24.4 Å². The largest absolute Gasteiger partial charge is 0.497 e. The van der Waals surface area contributed by atoms with Crippen molar-refractivity contribution in [3.63, 3.8) is 0 Å². The van der Waals surface area contributed by atoms with Crippen LogP contribution in [-0.4, -0.2) is 45.7 Å². The van der Waals surface area contributed by atoms with E-state index in [9.17, 15) is 14.4 Å². The maximum Gasteiger partial charge on any atom is 0.340 e. The Bertz CT molecular complexity index is 1120. The fraction of sp³-hybridized carbons (Fsp3) is 0.174. The van der Waals surface area contributed by atoms with Crippen molar-refractivity contribution < 1.29 is 37.7 Å². The molecule has 1 heterocycles. The summed E-state index contributed by atoms with van der Waals surface area (Å²) in [6, 6.07) is 12.4.